The van der Waals surface area contributed by atoms with E-state index >= 15 is 0 Å². The Hall–Kier alpha value is -0.930. The van der Waals surface area contributed by atoms with Crippen LogP contribution in [0, 0.1) is 5.82 Å². The predicted molar refractivity (Wildman–Crippen MR) is 85.1 cm³/mol. The third-order valence-electron chi connectivity index (χ3n) is 4.98. The fourth-order valence-corrected chi connectivity index (χ4v) is 3.75. The van der Waals surface area contributed by atoms with Crippen molar-refractivity contribution in [2.45, 2.75) is 57.0 Å². The zero-order valence-electron chi connectivity index (χ0n) is 13.0. The Labute approximate surface area is 127 Å². The van der Waals surface area contributed by atoms with Crippen LogP contribution in [0.15, 0.2) is 24.3 Å². The van der Waals surface area contributed by atoms with E-state index in [0.29, 0.717) is 18.0 Å². The summed E-state index contributed by atoms with van der Waals surface area (Å²) in [5.74, 6) is 0.480. The van der Waals surface area contributed by atoms with Gasteiger partial charge in [-0.05, 0) is 69.3 Å². The van der Waals surface area contributed by atoms with Gasteiger partial charge in [-0.3, -0.25) is 0 Å². The molecule has 1 aromatic carbocycles. The Bertz CT molecular complexity index is 433. The summed E-state index contributed by atoms with van der Waals surface area (Å²) < 4.78 is 12.9. The second kappa shape index (κ2) is 6.89. The summed E-state index contributed by atoms with van der Waals surface area (Å²) in [5, 5.41) is 3.76. The van der Waals surface area contributed by atoms with Crippen molar-refractivity contribution in [2.24, 2.45) is 0 Å². The van der Waals surface area contributed by atoms with Crippen LogP contribution in [0.3, 0.4) is 0 Å². The lowest BCUT2D eigenvalue weighted by Crippen LogP contribution is -2.49. The lowest BCUT2D eigenvalue weighted by molar-refractivity contribution is 0.187. The first-order valence-electron chi connectivity index (χ1n) is 8.44. The van der Waals surface area contributed by atoms with Gasteiger partial charge in [-0.25, -0.2) is 4.39 Å². The highest BCUT2D eigenvalue weighted by Gasteiger charge is 2.31. The predicted octanol–water partition coefficient (Wildman–Crippen LogP) is 3.54. The van der Waals surface area contributed by atoms with E-state index in [0.717, 1.165) is 0 Å². The minimum absolute atomic E-state index is 0.136. The highest BCUT2D eigenvalue weighted by molar-refractivity contribution is 5.23. The number of halogens is 1. The quantitative estimate of drug-likeness (QED) is 0.892. The van der Waals surface area contributed by atoms with Crippen LogP contribution in [0.4, 0.5) is 4.39 Å². The Morgan fingerprint density at radius 1 is 1.14 bits per heavy atom. The first-order valence-corrected chi connectivity index (χ1v) is 8.44. The largest absolute Gasteiger partial charge is 0.310 e. The van der Waals surface area contributed by atoms with Gasteiger partial charge in [-0.15, -0.1) is 0 Å². The summed E-state index contributed by atoms with van der Waals surface area (Å²) in [4.78, 5) is 2.59. The van der Waals surface area contributed by atoms with E-state index in [1.807, 2.05) is 12.1 Å². The first-order chi connectivity index (χ1) is 10.2. The molecule has 3 rings (SSSR count). The van der Waals surface area contributed by atoms with Crippen molar-refractivity contribution >= 4 is 0 Å². The molecule has 1 saturated carbocycles. The second-order valence-electron chi connectivity index (χ2n) is 6.85. The monoisotopic (exact) mass is 290 g/mol. The molecule has 1 saturated heterocycles. The molecule has 2 aliphatic rings. The Kier molecular flexibility index (Phi) is 4.91. The zero-order valence-corrected chi connectivity index (χ0v) is 13.0. The molecule has 1 atom stereocenters. The van der Waals surface area contributed by atoms with Crippen molar-refractivity contribution in [3.8, 4) is 0 Å². The van der Waals surface area contributed by atoms with Crippen molar-refractivity contribution in [1.29, 1.82) is 0 Å². The SMILES string of the molecule is CC(CN1CCCCC1)NC1CC(c2ccc(F)cc2)C1. The Morgan fingerprint density at radius 3 is 2.48 bits per heavy atom. The standard InChI is InChI=1S/C18H27FN2/c1-14(13-21-9-3-2-4-10-21)20-18-11-16(12-18)15-5-7-17(19)8-6-15/h5-8,14,16,18,20H,2-4,9-13H2,1H3. The molecule has 116 valence electrons. The number of rotatable bonds is 5. The van der Waals surface area contributed by atoms with E-state index in [9.17, 15) is 4.39 Å². The number of hydrogen-bond acceptors (Lipinski definition) is 2. The number of nitrogens with zero attached hydrogens (tertiary/aromatic N) is 1. The van der Waals surface area contributed by atoms with Crippen LogP contribution in [-0.4, -0.2) is 36.6 Å². The fraction of sp³-hybridized carbons (Fsp3) is 0.667. The van der Waals surface area contributed by atoms with Crippen LogP contribution in [0.1, 0.15) is 50.5 Å². The highest BCUT2D eigenvalue weighted by Crippen LogP contribution is 2.37. The molecule has 2 nitrogen and oxygen atoms in total. The van der Waals surface area contributed by atoms with Crippen LogP contribution < -0.4 is 5.32 Å². The molecule has 0 radical (unpaired) electrons. The van der Waals surface area contributed by atoms with E-state index in [4.69, 9.17) is 0 Å². The number of nitrogens with one attached hydrogen (secondary N) is 1. The van der Waals surface area contributed by atoms with E-state index in [2.05, 4.69) is 17.1 Å². The van der Waals surface area contributed by atoms with Gasteiger partial charge < -0.3 is 10.2 Å². The third kappa shape index (κ3) is 4.04. The molecule has 2 fully saturated rings. The van der Waals surface area contributed by atoms with Crippen molar-refractivity contribution in [3.63, 3.8) is 0 Å². The molecule has 0 aromatic heterocycles. The summed E-state index contributed by atoms with van der Waals surface area (Å²) in [6, 6.07) is 8.24. The topological polar surface area (TPSA) is 15.3 Å². The average Bonchev–Trinajstić information content (AvgIpc) is 2.45. The maximum absolute atomic E-state index is 12.9. The Balaban J connectivity index is 1.38. The number of piperidine rings is 1. The van der Waals surface area contributed by atoms with Gasteiger partial charge >= 0.3 is 0 Å². The normalized spacial score (nSPS) is 28.1. The third-order valence-corrected chi connectivity index (χ3v) is 4.98. The number of likely N-dealkylation sites (tertiary alicyclic amines) is 1. The van der Waals surface area contributed by atoms with Gasteiger partial charge in [-0.1, -0.05) is 18.6 Å². The van der Waals surface area contributed by atoms with Crippen molar-refractivity contribution in [2.75, 3.05) is 19.6 Å². The maximum atomic E-state index is 12.9. The maximum Gasteiger partial charge on any atom is 0.123 e. The lowest BCUT2D eigenvalue weighted by Gasteiger charge is -2.39. The van der Waals surface area contributed by atoms with Crippen LogP contribution in [-0.2, 0) is 0 Å². The van der Waals surface area contributed by atoms with Crippen LogP contribution in [0.2, 0.25) is 0 Å². The van der Waals surface area contributed by atoms with Crippen molar-refractivity contribution in [1.82, 2.24) is 10.2 Å². The second-order valence-corrected chi connectivity index (χ2v) is 6.85. The van der Waals surface area contributed by atoms with Gasteiger partial charge in [-0.2, -0.15) is 0 Å². The van der Waals surface area contributed by atoms with Crippen LogP contribution in [0.5, 0.6) is 0 Å². The Morgan fingerprint density at radius 2 is 1.81 bits per heavy atom. The smallest absolute Gasteiger partial charge is 0.123 e. The number of hydrogen-bond donors (Lipinski definition) is 1. The molecule has 21 heavy (non-hydrogen) atoms. The fourth-order valence-electron chi connectivity index (χ4n) is 3.75. The minimum Gasteiger partial charge on any atom is -0.310 e. The van der Waals surface area contributed by atoms with Gasteiger partial charge in [0.25, 0.3) is 0 Å². The molecule has 1 aromatic rings. The summed E-state index contributed by atoms with van der Waals surface area (Å²) in [5.41, 5.74) is 1.29. The van der Waals surface area contributed by atoms with E-state index in [1.165, 1.54) is 57.3 Å². The van der Waals surface area contributed by atoms with Gasteiger partial charge in [0.05, 0.1) is 0 Å². The van der Waals surface area contributed by atoms with Crippen molar-refractivity contribution < 1.29 is 4.39 Å². The molecule has 3 heteroatoms. The van der Waals surface area contributed by atoms with Crippen LogP contribution in [0.25, 0.3) is 0 Å². The van der Waals surface area contributed by atoms with Gasteiger partial charge in [0.2, 0.25) is 0 Å². The van der Waals surface area contributed by atoms with E-state index in [-0.39, 0.29) is 5.82 Å². The molecular formula is C18H27FN2. The molecule has 1 heterocycles. The summed E-state index contributed by atoms with van der Waals surface area (Å²) in [7, 11) is 0. The van der Waals surface area contributed by atoms with Gasteiger partial charge in [0.1, 0.15) is 5.82 Å². The van der Waals surface area contributed by atoms with Gasteiger partial charge in [0.15, 0.2) is 0 Å². The summed E-state index contributed by atoms with van der Waals surface area (Å²) in [6.07, 6.45) is 6.51. The zero-order chi connectivity index (χ0) is 14.7. The molecule has 1 N–H and O–H groups in total. The van der Waals surface area contributed by atoms with E-state index < -0.39 is 0 Å². The van der Waals surface area contributed by atoms with Gasteiger partial charge in [0, 0.05) is 18.6 Å². The average molecular weight is 290 g/mol. The molecule has 0 spiro atoms. The lowest BCUT2D eigenvalue weighted by atomic mass is 9.75. The highest BCUT2D eigenvalue weighted by atomic mass is 19.1. The molecule has 1 aliphatic heterocycles. The molecular weight excluding hydrogens is 263 g/mol. The molecule has 0 amide bonds. The van der Waals surface area contributed by atoms with Crippen molar-refractivity contribution in [3.05, 3.63) is 35.6 Å². The molecule has 1 unspecified atom stereocenters. The number of benzene rings is 1. The molecule has 1 aliphatic carbocycles. The summed E-state index contributed by atoms with van der Waals surface area (Å²) in [6.45, 7) is 6.03. The van der Waals surface area contributed by atoms with E-state index in [1.54, 1.807) is 12.1 Å². The van der Waals surface area contributed by atoms with Crippen LogP contribution >= 0.6 is 0 Å². The molecule has 0 bridgehead atoms. The summed E-state index contributed by atoms with van der Waals surface area (Å²) >= 11 is 0. The first kappa shape index (κ1) is 15.0. The minimum atomic E-state index is -0.136.